The Kier molecular flexibility index (Phi) is 7.77. The minimum Gasteiger partial charge on any atom is -0.362 e. The van der Waals surface area contributed by atoms with Gasteiger partial charge in [-0.05, 0) is 62.0 Å². The molecule has 2 aliphatic carbocycles. The largest absolute Gasteiger partial charge is 0.362 e. The Bertz CT molecular complexity index is 930. The Labute approximate surface area is 192 Å². The summed E-state index contributed by atoms with van der Waals surface area (Å²) in [5.41, 5.74) is 1.03. The number of hydrogen-bond acceptors (Lipinski definition) is 4. The van der Waals surface area contributed by atoms with E-state index in [0.717, 1.165) is 60.7 Å². The molecule has 1 atom stereocenters. The van der Waals surface area contributed by atoms with Crippen molar-refractivity contribution >= 4 is 22.6 Å². The lowest BCUT2D eigenvalue weighted by Gasteiger charge is -2.28. The van der Waals surface area contributed by atoms with Crippen molar-refractivity contribution in [1.82, 2.24) is 15.3 Å². The van der Waals surface area contributed by atoms with Crippen molar-refractivity contribution in [2.24, 2.45) is 17.8 Å². The van der Waals surface area contributed by atoms with Crippen LogP contribution in [-0.2, 0) is 11.2 Å². The second kappa shape index (κ2) is 10.9. The van der Waals surface area contributed by atoms with Gasteiger partial charge in [0, 0.05) is 38.9 Å². The molecule has 5 nitrogen and oxygen atoms in total. The quantitative estimate of drug-likeness (QED) is 0.544. The zero-order chi connectivity index (χ0) is 22.3. The molecule has 0 bridgehead atoms. The van der Waals surface area contributed by atoms with Gasteiger partial charge in [0.25, 0.3) is 0 Å². The Balaban J connectivity index is 1.18. The van der Waals surface area contributed by atoms with Crippen molar-refractivity contribution in [3.05, 3.63) is 42.2 Å². The molecule has 2 aliphatic rings. The Morgan fingerprint density at radius 3 is 2.59 bits per heavy atom. The van der Waals surface area contributed by atoms with E-state index >= 15 is 0 Å². The highest BCUT2D eigenvalue weighted by atomic mass is 16.1. The lowest BCUT2D eigenvalue weighted by Crippen LogP contribution is -2.32. The summed E-state index contributed by atoms with van der Waals surface area (Å²) in [4.78, 5) is 23.9. The van der Waals surface area contributed by atoms with E-state index in [4.69, 9.17) is 9.97 Å². The summed E-state index contributed by atoms with van der Waals surface area (Å²) in [5.74, 6) is 4.13. The van der Waals surface area contributed by atoms with Crippen molar-refractivity contribution in [1.29, 1.82) is 0 Å². The van der Waals surface area contributed by atoms with Crippen molar-refractivity contribution in [3.8, 4) is 0 Å². The molecule has 1 unspecified atom stereocenters. The molecule has 0 aliphatic heterocycles. The first kappa shape index (κ1) is 22.8. The van der Waals surface area contributed by atoms with Gasteiger partial charge in [-0.25, -0.2) is 9.97 Å². The number of anilines is 1. The zero-order valence-electron chi connectivity index (χ0n) is 19.7. The number of fused-ring (bicyclic) bond motifs is 1. The maximum absolute atomic E-state index is 12.2. The third-order valence-corrected chi connectivity index (χ3v) is 7.18. The predicted molar refractivity (Wildman–Crippen MR) is 132 cm³/mol. The molecule has 0 saturated heterocycles. The van der Waals surface area contributed by atoms with Crippen LogP contribution in [0.5, 0.6) is 0 Å². The lowest BCUT2D eigenvalue weighted by molar-refractivity contribution is -0.121. The minimum atomic E-state index is 0.233. The molecular formula is C27H38N4O. The maximum Gasteiger partial charge on any atom is 0.220 e. The van der Waals surface area contributed by atoms with E-state index in [2.05, 4.69) is 34.5 Å². The van der Waals surface area contributed by atoms with Gasteiger partial charge in [0.15, 0.2) is 0 Å². The molecule has 1 heterocycles. The normalized spacial score (nSPS) is 22.9. The maximum atomic E-state index is 12.2. The van der Waals surface area contributed by atoms with Gasteiger partial charge in [-0.3, -0.25) is 4.79 Å². The van der Waals surface area contributed by atoms with Gasteiger partial charge in [0.1, 0.15) is 11.6 Å². The minimum absolute atomic E-state index is 0.233. The topological polar surface area (TPSA) is 58.1 Å². The van der Waals surface area contributed by atoms with Crippen LogP contribution in [0.15, 0.2) is 36.4 Å². The average Bonchev–Trinajstić information content (AvgIpc) is 3.31. The van der Waals surface area contributed by atoms with Crippen molar-refractivity contribution in [2.45, 2.75) is 64.2 Å². The Morgan fingerprint density at radius 1 is 1.06 bits per heavy atom. The van der Waals surface area contributed by atoms with E-state index in [1.807, 2.05) is 26.2 Å². The standard InChI is InChI=1S/C27H38N4O/c1-31(2)27-23-11-5-6-12-24(23)29-25(30-27)13-7-10-20-14-16-22(17-15-20)19-28-26(32)18-21-8-3-4-9-21/h3,5-6,8,11-12,20-22H,4,7,9-10,13-19H2,1-2H3,(H,28,32). The molecule has 0 spiro atoms. The van der Waals surface area contributed by atoms with Crippen LogP contribution in [0.1, 0.15) is 63.6 Å². The van der Waals surface area contributed by atoms with Crippen LogP contribution < -0.4 is 10.2 Å². The number of nitrogens with one attached hydrogen (secondary N) is 1. The van der Waals surface area contributed by atoms with E-state index in [-0.39, 0.29) is 5.91 Å². The first-order chi connectivity index (χ1) is 15.6. The number of nitrogens with zero attached hydrogens (tertiary/aromatic N) is 3. The van der Waals surface area contributed by atoms with Gasteiger partial charge in [-0.15, -0.1) is 0 Å². The SMILES string of the molecule is CN(C)c1nc(CCCC2CCC(CNC(=O)CC3C=CCC3)CC2)nc2ccccc12. The number of rotatable bonds is 9. The molecule has 1 amide bonds. The second-order valence-electron chi connectivity index (χ2n) is 9.93. The van der Waals surface area contributed by atoms with Crippen LogP contribution >= 0.6 is 0 Å². The summed E-state index contributed by atoms with van der Waals surface area (Å²) >= 11 is 0. The third kappa shape index (κ3) is 6.08. The smallest absolute Gasteiger partial charge is 0.220 e. The molecule has 0 radical (unpaired) electrons. The Morgan fingerprint density at radius 2 is 1.84 bits per heavy atom. The van der Waals surface area contributed by atoms with Gasteiger partial charge in [-0.1, -0.05) is 43.5 Å². The summed E-state index contributed by atoms with van der Waals surface area (Å²) in [6.45, 7) is 0.861. The average molecular weight is 435 g/mol. The molecule has 4 rings (SSSR count). The number of hydrogen-bond donors (Lipinski definition) is 1. The first-order valence-electron chi connectivity index (χ1n) is 12.4. The van der Waals surface area contributed by atoms with Gasteiger partial charge in [0.2, 0.25) is 5.91 Å². The van der Waals surface area contributed by atoms with Crippen LogP contribution in [0, 0.1) is 17.8 Å². The summed E-state index contributed by atoms with van der Waals surface area (Å²) in [5, 5.41) is 4.31. The molecule has 1 N–H and O–H groups in total. The second-order valence-corrected chi connectivity index (χ2v) is 9.93. The highest BCUT2D eigenvalue weighted by Gasteiger charge is 2.22. The number of aromatic nitrogens is 2. The van der Waals surface area contributed by atoms with Crippen molar-refractivity contribution in [2.75, 3.05) is 25.5 Å². The molecule has 172 valence electrons. The number of carbonyl (C=O) groups is 1. The summed E-state index contributed by atoms with van der Waals surface area (Å²) in [6.07, 6.45) is 15.7. The number of allylic oxidation sites excluding steroid dienone is 2. The third-order valence-electron chi connectivity index (χ3n) is 7.18. The first-order valence-corrected chi connectivity index (χ1v) is 12.4. The molecule has 1 aromatic heterocycles. The van der Waals surface area contributed by atoms with Crippen LogP contribution in [0.2, 0.25) is 0 Å². The van der Waals surface area contributed by atoms with Crippen molar-refractivity contribution < 1.29 is 4.79 Å². The lowest BCUT2D eigenvalue weighted by atomic mass is 9.80. The number of amides is 1. The summed E-state index contributed by atoms with van der Waals surface area (Å²) in [7, 11) is 4.09. The van der Waals surface area contributed by atoms with Crippen molar-refractivity contribution in [3.63, 3.8) is 0 Å². The van der Waals surface area contributed by atoms with Crippen LogP contribution in [-0.4, -0.2) is 36.5 Å². The number of benzene rings is 1. The fourth-order valence-electron chi connectivity index (χ4n) is 5.27. The van der Waals surface area contributed by atoms with E-state index in [9.17, 15) is 4.79 Å². The van der Waals surface area contributed by atoms with Crippen LogP contribution in [0.3, 0.4) is 0 Å². The van der Waals surface area contributed by atoms with E-state index in [1.165, 1.54) is 32.1 Å². The highest BCUT2D eigenvalue weighted by molar-refractivity contribution is 5.89. The number of aryl methyl sites for hydroxylation is 1. The van der Waals surface area contributed by atoms with Crippen LogP contribution in [0.4, 0.5) is 5.82 Å². The van der Waals surface area contributed by atoms with E-state index < -0.39 is 0 Å². The van der Waals surface area contributed by atoms with Gasteiger partial charge >= 0.3 is 0 Å². The monoisotopic (exact) mass is 434 g/mol. The molecule has 32 heavy (non-hydrogen) atoms. The molecular weight excluding hydrogens is 396 g/mol. The Hall–Kier alpha value is -2.43. The zero-order valence-corrected chi connectivity index (χ0v) is 19.7. The molecule has 1 fully saturated rings. The molecule has 5 heteroatoms. The van der Waals surface area contributed by atoms with E-state index in [1.54, 1.807) is 0 Å². The van der Waals surface area contributed by atoms with Gasteiger partial charge in [-0.2, -0.15) is 0 Å². The summed E-state index contributed by atoms with van der Waals surface area (Å²) in [6, 6.07) is 8.28. The number of carbonyl (C=O) groups excluding carboxylic acids is 1. The predicted octanol–water partition coefficient (Wildman–Crippen LogP) is 5.30. The van der Waals surface area contributed by atoms with Gasteiger partial charge < -0.3 is 10.2 Å². The highest BCUT2D eigenvalue weighted by Crippen LogP contribution is 2.32. The molecule has 1 saturated carbocycles. The van der Waals surface area contributed by atoms with Crippen LogP contribution in [0.25, 0.3) is 10.9 Å². The fraction of sp³-hybridized carbons (Fsp3) is 0.593. The molecule has 2 aromatic rings. The van der Waals surface area contributed by atoms with E-state index in [0.29, 0.717) is 18.3 Å². The molecule has 1 aromatic carbocycles. The van der Waals surface area contributed by atoms with Gasteiger partial charge in [0.05, 0.1) is 5.52 Å². The summed E-state index contributed by atoms with van der Waals surface area (Å²) < 4.78 is 0. The fourth-order valence-corrected chi connectivity index (χ4v) is 5.27. The number of para-hydroxylation sites is 1.